The molecule has 0 saturated heterocycles. The molecule has 4 aromatic rings. The van der Waals surface area contributed by atoms with Crippen molar-refractivity contribution < 1.29 is 0 Å². The molecule has 0 N–H and O–H groups in total. The van der Waals surface area contributed by atoms with Gasteiger partial charge in [-0.25, -0.2) is 4.98 Å². The number of imidazole rings is 1. The fourth-order valence-electron chi connectivity index (χ4n) is 2.95. The highest BCUT2D eigenvalue weighted by Crippen LogP contribution is 2.43. The van der Waals surface area contributed by atoms with Gasteiger partial charge in [0.05, 0.1) is 26.6 Å². The number of aromatic nitrogens is 2. The number of fused-ring (bicyclic) bond motifs is 1. The molecule has 1 unspecified atom stereocenters. The highest BCUT2D eigenvalue weighted by molar-refractivity contribution is 7.99. The number of rotatable bonds is 5. The van der Waals surface area contributed by atoms with Crippen LogP contribution in [0.3, 0.4) is 0 Å². The topological polar surface area (TPSA) is 17.8 Å². The Morgan fingerprint density at radius 2 is 1.67 bits per heavy atom. The van der Waals surface area contributed by atoms with Crippen LogP contribution in [0.15, 0.2) is 78.2 Å². The van der Waals surface area contributed by atoms with E-state index in [1.165, 1.54) is 16.3 Å². The van der Waals surface area contributed by atoms with Gasteiger partial charge in [0.15, 0.2) is 0 Å². The van der Waals surface area contributed by atoms with E-state index in [4.69, 9.17) is 34.8 Å². The Morgan fingerprint density at radius 1 is 0.889 bits per heavy atom. The van der Waals surface area contributed by atoms with E-state index < -0.39 is 0 Å². The van der Waals surface area contributed by atoms with Crippen LogP contribution in [0.2, 0.25) is 15.1 Å². The minimum Gasteiger partial charge on any atom is -0.336 e. The van der Waals surface area contributed by atoms with Crippen LogP contribution in [0, 0.1) is 0 Å². The maximum absolute atomic E-state index is 6.43. The van der Waals surface area contributed by atoms with Crippen molar-refractivity contribution in [3.63, 3.8) is 0 Å². The Hall–Kier alpha value is -1.65. The van der Waals surface area contributed by atoms with Gasteiger partial charge in [-0.05, 0) is 34.5 Å². The maximum atomic E-state index is 6.43. The lowest BCUT2D eigenvalue weighted by Gasteiger charge is -2.19. The SMILES string of the molecule is Clc1cc(Cl)c(SC(Cn2ccnc2)c2ccc3ccccc3c2)cc1Cl. The van der Waals surface area contributed by atoms with E-state index in [0.717, 1.165) is 11.4 Å². The molecule has 1 atom stereocenters. The molecule has 0 saturated carbocycles. The van der Waals surface area contributed by atoms with Crippen LogP contribution in [-0.2, 0) is 6.54 Å². The minimum atomic E-state index is 0.138. The van der Waals surface area contributed by atoms with Crippen molar-refractivity contribution in [3.05, 3.63) is 93.9 Å². The first-order valence-electron chi connectivity index (χ1n) is 8.36. The number of thioether (sulfide) groups is 1. The zero-order valence-electron chi connectivity index (χ0n) is 14.1. The van der Waals surface area contributed by atoms with Gasteiger partial charge in [0.25, 0.3) is 0 Å². The number of benzene rings is 3. The summed E-state index contributed by atoms with van der Waals surface area (Å²) in [6, 6.07) is 18.4. The first-order chi connectivity index (χ1) is 13.1. The second kappa shape index (κ2) is 8.15. The van der Waals surface area contributed by atoms with Crippen LogP contribution in [0.5, 0.6) is 0 Å². The highest BCUT2D eigenvalue weighted by atomic mass is 35.5. The van der Waals surface area contributed by atoms with Crippen LogP contribution in [0.4, 0.5) is 0 Å². The third kappa shape index (κ3) is 4.27. The first-order valence-corrected chi connectivity index (χ1v) is 10.4. The summed E-state index contributed by atoms with van der Waals surface area (Å²) in [6.07, 6.45) is 5.57. The summed E-state index contributed by atoms with van der Waals surface area (Å²) >= 11 is 20.4. The van der Waals surface area contributed by atoms with Gasteiger partial charge in [-0.1, -0.05) is 71.2 Å². The molecular formula is C21H15Cl3N2S. The van der Waals surface area contributed by atoms with Gasteiger partial charge in [-0.2, -0.15) is 0 Å². The van der Waals surface area contributed by atoms with E-state index >= 15 is 0 Å². The van der Waals surface area contributed by atoms with Crippen LogP contribution in [0.1, 0.15) is 10.8 Å². The second-order valence-corrected chi connectivity index (χ2v) is 8.64. The summed E-state index contributed by atoms with van der Waals surface area (Å²) in [6.45, 7) is 0.763. The number of hydrogen-bond acceptors (Lipinski definition) is 2. The van der Waals surface area contributed by atoms with Gasteiger partial charge >= 0.3 is 0 Å². The fourth-order valence-corrected chi connectivity index (χ4v) is 4.89. The van der Waals surface area contributed by atoms with E-state index in [-0.39, 0.29) is 5.25 Å². The lowest BCUT2D eigenvalue weighted by atomic mass is 10.0. The molecule has 0 radical (unpaired) electrons. The van der Waals surface area contributed by atoms with Gasteiger partial charge in [0, 0.05) is 23.8 Å². The van der Waals surface area contributed by atoms with E-state index in [1.807, 2.05) is 18.6 Å². The average Bonchev–Trinajstić information content (AvgIpc) is 3.18. The lowest BCUT2D eigenvalue weighted by Crippen LogP contribution is -2.05. The largest absolute Gasteiger partial charge is 0.336 e. The van der Waals surface area contributed by atoms with Crippen LogP contribution < -0.4 is 0 Å². The van der Waals surface area contributed by atoms with Gasteiger partial charge < -0.3 is 4.57 Å². The molecule has 0 aliphatic heterocycles. The monoisotopic (exact) mass is 432 g/mol. The van der Waals surface area contributed by atoms with E-state index in [1.54, 1.807) is 24.0 Å². The Balaban J connectivity index is 1.73. The second-order valence-electron chi connectivity index (χ2n) is 6.17. The average molecular weight is 434 g/mol. The predicted molar refractivity (Wildman–Crippen MR) is 116 cm³/mol. The molecule has 3 aromatic carbocycles. The molecule has 0 amide bonds. The lowest BCUT2D eigenvalue weighted by molar-refractivity contribution is 0.684. The normalized spacial score (nSPS) is 12.4. The molecule has 0 spiro atoms. The number of halogens is 3. The van der Waals surface area contributed by atoms with Crippen molar-refractivity contribution in [3.8, 4) is 0 Å². The van der Waals surface area contributed by atoms with Crippen molar-refractivity contribution in [2.45, 2.75) is 16.7 Å². The Bertz CT molecular complexity index is 1080. The van der Waals surface area contributed by atoms with Crippen molar-refractivity contribution in [1.82, 2.24) is 9.55 Å². The fraction of sp³-hybridized carbons (Fsp3) is 0.0952. The Morgan fingerprint density at radius 3 is 2.44 bits per heavy atom. The zero-order chi connectivity index (χ0) is 18.8. The standard InChI is InChI=1S/C21H15Cl3N2S/c22-17-10-19(24)20(11-18(17)23)27-21(12-26-8-7-25-13-26)16-6-5-14-3-1-2-4-15(14)9-16/h1-11,13,21H,12H2. The molecule has 1 heterocycles. The van der Waals surface area contributed by atoms with E-state index in [2.05, 4.69) is 52.0 Å². The van der Waals surface area contributed by atoms with Crippen molar-refractivity contribution in [2.75, 3.05) is 0 Å². The third-order valence-electron chi connectivity index (χ3n) is 4.33. The summed E-state index contributed by atoms with van der Waals surface area (Å²) in [4.78, 5) is 5.07. The summed E-state index contributed by atoms with van der Waals surface area (Å²) in [5.41, 5.74) is 1.22. The van der Waals surface area contributed by atoms with Gasteiger partial charge in [-0.3, -0.25) is 0 Å². The van der Waals surface area contributed by atoms with Crippen LogP contribution >= 0.6 is 46.6 Å². The molecule has 27 heavy (non-hydrogen) atoms. The Kier molecular flexibility index (Phi) is 5.65. The van der Waals surface area contributed by atoms with Gasteiger partial charge in [0.2, 0.25) is 0 Å². The molecule has 4 rings (SSSR count). The summed E-state index contributed by atoms with van der Waals surface area (Å²) in [7, 11) is 0. The zero-order valence-corrected chi connectivity index (χ0v) is 17.2. The van der Waals surface area contributed by atoms with Crippen molar-refractivity contribution in [1.29, 1.82) is 0 Å². The highest BCUT2D eigenvalue weighted by Gasteiger charge is 2.17. The van der Waals surface area contributed by atoms with Gasteiger partial charge in [-0.15, -0.1) is 11.8 Å². The first kappa shape index (κ1) is 18.7. The Labute approximate surface area is 177 Å². The molecule has 0 aliphatic carbocycles. The van der Waals surface area contributed by atoms with Crippen molar-refractivity contribution >= 4 is 57.3 Å². The molecular weight excluding hydrogens is 419 g/mol. The van der Waals surface area contributed by atoms with Gasteiger partial charge in [0.1, 0.15) is 0 Å². The summed E-state index contributed by atoms with van der Waals surface area (Å²) in [5, 5.41) is 4.14. The third-order valence-corrected chi connectivity index (χ3v) is 6.77. The molecule has 0 bridgehead atoms. The predicted octanol–water partition coefficient (Wildman–Crippen LogP) is 7.53. The number of nitrogens with zero attached hydrogens (tertiary/aromatic N) is 2. The molecule has 2 nitrogen and oxygen atoms in total. The smallest absolute Gasteiger partial charge is 0.0946 e. The van der Waals surface area contributed by atoms with Crippen LogP contribution in [-0.4, -0.2) is 9.55 Å². The molecule has 136 valence electrons. The molecule has 6 heteroatoms. The van der Waals surface area contributed by atoms with E-state index in [0.29, 0.717) is 15.1 Å². The molecule has 0 aliphatic rings. The minimum absolute atomic E-state index is 0.138. The quantitative estimate of drug-likeness (QED) is 0.239. The van der Waals surface area contributed by atoms with Crippen molar-refractivity contribution in [2.24, 2.45) is 0 Å². The maximum Gasteiger partial charge on any atom is 0.0946 e. The summed E-state index contributed by atoms with van der Waals surface area (Å²) < 4.78 is 2.07. The molecule has 0 fully saturated rings. The van der Waals surface area contributed by atoms with E-state index in [9.17, 15) is 0 Å². The number of hydrogen-bond donors (Lipinski definition) is 0. The molecule has 1 aromatic heterocycles. The van der Waals surface area contributed by atoms with Crippen LogP contribution in [0.25, 0.3) is 10.8 Å². The summed E-state index contributed by atoms with van der Waals surface area (Å²) in [5.74, 6) is 0.